The van der Waals surface area contributed by atoms with Crippen LogP contribution in [-0.4, -0.2) is 31.0 Å². The predicted octanol–water partition coefficient (Wildman–Crippen LogP) is 2.42. The summed E-state index contributed by atoms with van der Waals surface area (Å²) in [6.07, 6.45) is 3.87. The summed E-state index contributed by atoms with van der Waals surface area (Å²) < 4.78 is 5.89. The zero-order chi connectivity index (χ0) is 16.8. The van der Waals surface area contributed by atoms with Gasteiger partial charge in [-0.3, -0.25) is 4.79 Å². The van der Waals surface area contributed by atoms with Crippen molar-refractivity contribution in [3.63, 3.8) is 0 Å². The van der Waals surface area contributed by atoms with Gasteiger partial charge in [0.1, 0.15) is 17.1 Å². The van der Waals surface area contributed by atoms with Crippen molar-refractivity contribution in [2.75, 3.05) is 0 Å². The molecule has 0 aliphatic heterocycles. The maximum atomic E-state index is 11.0. The van der Waals surface area contributed by atoms with Crippen molar-refractivity contribution < 1.29 is 14.4 Å². The van der Waals surface area contributed by atoms with Crippen LogP contribution in [0.1, 0.15) is 10.5 Å². The highest BCUT2D eigenvalue weighted by Gasteiger charge is 2.17. The number of aromatic carboxylic acids is 1. The van der Waals surface area contributed by atoms with Crippen LogP contribution in [0.2, 0.25) is 5.02 Å². The van der Waals surface area contributed by atoms with E-state index in [4.69, 9.17) is 16.7 Å². The van der Waals surface area contributed by atoms with Crippen molar-refractivity contribution >= 4 is 33.5 Å². The van der Waals surface area contributed by atoms with Gasteiger partial charge in [0.2, 0.25) is 5.43 Å². The molecule has 0 unspecified atom stereocenters. The second-order valence-corrected chi connectivity index (χ2v) is 5.14. The Morgan fingerprint density at radius 2 is 2.17 bits per heavy atom. The third-order valence-corrected chi connectivity index (χ3v) is 3.05. The van der Waals surface area contributed by atoms with Crippen molar-refractivity contribution in [1.82, 2.24) is 19.9 Å². The van der Waals surface area contributed by atoms with Crippen LogP contribution in [0.25, 0.3) is 5.82 Å². The van der Waals surface area contributed by atoms with E-state index in [0.717, 1.165) is 6.20 Å². The first kappa shape index (κ1) is 16.8. The van der Waals surface area contributed by atoms with Crippen molar-refractivity contribution in [1.29, 1.82) is 0 Å². The molecule has 0 aromatic carbocycles. The lowest BCUT2D eigenvalue weighted by atomic mass is 10.4. The van der Waals surface area contributed by atoms with Crippen molar-refractivity contribution in [3.8, 4) is 5.82 Å². The van der Waals surface area contributed by atoms with E-state index in [2.05, 4.69) is 35.7 Å². The highest BCUT2D eigenvalue weighted by atomic mass is 79.9. The molecule has 118 valence electrons. The summed E-state index contributed by atoms with van der Waals surface area (Å²) in [5.41, 5.74) is -0.140. The number of carbonyl (C=O) groups is 1. The molecule has 3 rings (SSSR count). The molecule has 0 aliphatic rings. The number of pyridine rings is 1. The summed E-state index contributed by atoms with van der Waals surface area (Å²) in [4.78, 5) is 25.1. The summed E-state index contributed by atoms with van der Waals surface area (Å²) in [5.74, 6) is -0.813. The van der Waals surface area contributed by atoms with Crippen LogP contribution in [0, 0.1) is 0 Å². The minimum atomic E-state index is -1.10. The normalized spacial score (nSPS) is 9.83. The third-order valence-electron chi connectivity index (χ3n) is 2.37. The van der Waals surface area contributed by atoms with E-state index in [1.165, 1.54) is 29.3 Å². The van der Waals surface area contributed by atoms with Crippen LogP contribution in [-0.2, 0) is 0 Å². The largest absolute Gasteiger partial charge is 0.477 e. The van der Waals surface area contributed by atoms with Gasteiger partial charge < -0.3 is 9.63 Å². The number of carboxylic acid groups (broad SMARTS) is 1. The Labute approximate surface area is 142 Å². The van der Waals surface area contributed by atoms with Gasteiger partial charge in [-0.15, -0.1) is 0 Å². The van der Waals surface area contributed by atoms with Gasteiger partial charge in [-0.25, -0.2) is 14.5 Å². The molecule has 0 radical (unpaired) electrons. The molecule has 3 heterocycles. The predicted molar refractivity (Wildman–Crippen MR) is 83.8 cm³/mol. The van der Waals surface area contributed by atoms with Gasteiger partial charge in [-0.2, -0.15) is 5.10 Å². The second kappa shape index (κ2) is 7.65. The molecule has 10 heteroatoms. The first-order chi connectivity index (χ1) is 11.0. The SMILES string of the molecule is O=C(O)c1cc(Br)nn1-c1ncccc1Cl.O=c1cconc1. The zero-order valence-electron chi connectivity index (χ0n) is 11.3. The molecule has 1 N–H and O–H groups in total. The number of nitrogens with zero attached hydrogens (tertiary/aromatic N) is 4. The summed E-state index contributed by atoms with van der Waals surface area (Å²) in [7, 11) is 0. The summed E-state index contributed by atoms with van der Waals surface area (Å²) in [6, 6.07) is 5.95. The molecule has 3 aromatic heterocycles. The molecule has 0 aliphatic carbocycles. The van der Waals surface area contributed by atoms with E-state index in [1.54, 1.807) is 12.1 Å². The highest BCUT2D eigenvalue weighted by Crippen LogP contribution is 2.20. The van der Waals surface area contributed by atoms with E-state index in [9.17, 15) is 9.59 Å². The Morgan fingerprint density at radius 1 is 1.39 bits per heavy atom. The molecule has 0 amide bonds. The molecule has 0 spiro atoms. The van der Waals surface area contributed by atoms with Crippen LogP contribution in [0.3, 0.4) is 0 Å². The maximum absolute atomic E-state index is 11.0. The van der Waals surface area contributed by atoms with E-state index in [1.807, 2.05) is 0 Å². The maximum Gasteiger partial charge on any atom is 0.354 e. The molecule has 8 nitrogen and oxygen atoms in total. The van der Waals surface area contributed by atoms with Gasteiger partial charge in [0.15, 0.2) is 11.5 Å². The summed E-state index contributed by atoms with van der Waals surface area (Å²) in [6.45, 7) is 0. The number of rotatable bonds is 2. The molecule has 3 aromatic rings. The molecule has 0 saturated heterocycles. The van der Waals surface area contributed by atoms with Gasteiger partial charge in [0, 0.05) is 18.3 Å². The first-order valence-corrected chi connectivity index (χ1v) is 7.15. The standard InChI is InChI=1S/C9H5BrClN3O2.C4H3NO2/c10-7-4-6(9(15)16)14(13-7)8-5(11)2-1-3-12-8;6-4-1-2-7-5-3-4/h1-4H,(H,15,16);1-3H. The number of carboxylic acids is 1. The number of hydrogen-bond acceptors (Lipinski definition) is 6. The minimum absolute atomic E-state index is 0.00697. The van der Waals surface area contributed by atoms with E-state index in [0.29, 0.717) is 9.63 Å². The van der Waals surface area contributed by atoms with Crippen molar-refractivity contribution in [2.45, 2.75) is 0 Å². The molecule has 0 bridgehead atoms. The third kappa shape index (κ3) is 4.47. The fraction of sp³-hybridized carbons (Fsp3) is 0. The molecule has 0 fully saturated rings. The summed E-state index contributed by atoms with van der Waals surface area (Å²) >= 11 is 9.02. The Bertz CT molecular complexity index is 863. The first-order valence-electron chi connectivity index (χ1n) is 5.98. The molecular weight excluding hydrogens is 392 g/mol. The Hall–Kier alpha value is -2.52. The number of halogens is 2. The lowest BCUT2D eigenvalue weighted by Gasteiger charge is -2.04. The average Bonchev–Trinajstić information content (AvgIpc) is 2.91. The molecular formula is C13H8BrClN4O4. The Morgan fingerprint density at radius 3 is 2.70 bits per heavy atom. The van der Waals surface area contributed by atoms with E-state index in [-0.39, 0.29) is 16.9 Å². The number of aromatic nitrogens is 4. The minimum Gasteiger partial charge on any atom is -0.477 e. The van der Waals surface area contributed by atoms with Gasteiger partial charge in [0.25, 0.3) is 0 Å². The van der Waals surface area contributed by atoms with Crippen molar-refractivity contribution in [2.24, 2.45) is 0 Å². The lowest BCUT2D eigenvalue weighted by Crippen LogP contribution is -2.09. The topological polar surface area (TPSA) is 111 Å². The Kier molecular flexibility index (Phi) is 5.61. The zero-order valence-corrected chi connectivity index (χ0v) is 13.6. The summed E-state index contributed by atoms with van der Waals surface area (Å²) in [5, 5.41) is 16.5. The van der Waals surface area contributed by atoms with E-state index >= 15 is 0 Å². The monoisotopic (exact) mass is 398 g/mol. The number of hydrogen-bond donors (Lipinski definition) is 1. The fourth-order valence-electron chi connectivity index (χ4n) is 1.46. The lowest BCUT2D eigenvalue weighted by molar-refractivity contribution is 0.0687. The van der Waals surface area contributed by atoms with Crippen molar-refractivity contribution in [3.05, 3.63) is 68.5 Å². The van der Waals surface area contributed by atoms with E-state index < -0.39 is 5.97 Å². The van der Waals surface area contributed by atoms with Crippen LogP contribution in [0.5, 0.6) is 0 Å². The Balaban J connectivity index is 0.000000229. The highest BCUT2D eigenvalue weighted by molar-refractivity contribution is 9.10. The smallest absolute Gasteiger partial charge is 0.354 e. The van der Waals surface area contributed by atoms with Crippen LogP contribution in [0.4, 0.5) is 0 Å². The molecule has 0 saturated carbocycles. The van der Waals surface area contributed by atoms with Gasteiger partial charge in [0.05, 0.1) is 5.02 Å². The van der Waals surface area contributed by atoms with Crippen LogP contribution < -0.4 is 5.43 Å². The molecule has 0 atom stereocenters. The second-order valence-electron chi connectivity index (χ2n) is 3.92. The van der Waals surface area contributed by atoms with Crippen LogP contribution in [0.15, 0.2) is 56.8 Å². The van der Waals surface area contributed by atoms with Gasteiger partial charge >= 0.3 is 5.97 Å². The van der Waals surface area contributed by atoms with Gasteiger partial charge in [-0.1, -0.05) is 16.8 Å². The quantitative estimate of drug-likeness (QED) is 0.704. The van der Waals surface area contributed by atoms with Gasteiger partial charge in [-0.05, 0) is 28.1 Å². The fourth-order valence-corrected chi connectivity index (χ4v) is 2.03. The van der Waals surface area contributed by atoms with Crippen LogP contribution >= 0.6 is 27.5 Å². The average molecular weight is 400 g/mol. The molecule has 23 heavy (non-hydrogen) atoms.